The topological polar surface area (TPSA) is 81.4 Å². The maximum Gasteiger partial charge on any atom is 0.230 e. The van der Waals surface area contributed by atoms with Gasteiger partial charge in [0.1, 0.15) is 11.6 Å². The molecule has 2 aromatic heterocycles. The Morgan fingerprint density at radius 1 is 1.13 bits per heavy atom. The van der Waals surface area contributed by atoms with E-state index in [4.69, 9.17) is 9.72 Å². The second-order valence-electron chi connectivity index (χ2n) is 6.81. The van der Waals surface area contributed by atoms with Crippen LogP contribution >= 0.6 is 11.8 Å². The molecule has 0 radical (unpaired) electrons. The lowest BCUT2D eigenvalue weighted by atomic mass is 10.1. The average Bonchev–Trinajstić information content (AvgIpc) is 3.22. The Labute approximate surface area is 178 Å². The minimum atomic E-state index is -0.00931. The molecule has 0 unspecified atom stereocenters. The van der Waals surface area contributed by atoms with E-state index in [0.717, 1.165) is 46.5 Å². The summed E-state index contributed by atoms with van der Waals surface area (Å²) in [5, 5.41) is 13.3. The van der Waals surface area contributed by atoms with Crippen LogP contribution in [0.15, 0.2) is 53.7 Å². The summed E-state index contributed by atoms with van der Waals surface area (Å²) in [4.78, 5) is 17.0. The lowest BCUT2D eigenvalue weighted by molar-refractivity contribution is -0.118. The Morgan fingerprint density at radius 3 is 2.70 bits per heavy atom. The molecule has 0 aliphatic carbocycles. The number of amides is 1. The third kappa shape index (κ3) is 4.09. The van der Waals surface area contributed by atoms with Crippen molar-refractivity contribution in [3.05, 3.63) is 48.5 Å². The largest absolute Gasteiger partial charge is 0.497 e. The van der Waals surface area contributed by atoms with E-state index < -0.39 is 0 Å². The normalized spacial score (nSPS) is 11.1. The Bertz CT molecular complexity index is 1170. The third-order valence-electron chi connectivity index (χ3n) is 4.75. The van der Waals surface area contributed by atoms with E-state index in [1.54, 1.807) is 7.11 Å². The summed E-state index contributed by atoms with van der Waals surface area (Å²) in [6, 6.07) is 15.6. The second kappa shape index (κ2) is 9.13. The molecule has 8 heteroatoms. The monoisotopic (exact) mass is 421 g/mol. The number of para-hydroxylation sites is 1. The number of nitrogens with one attached hydrogen (secondary N) is 1. The van der Waals surface area contributed by atoms with Gasteiger partial charge < -0.3 is 10.1 Å². The number of thioether (sulfide) groups is 1. The van der Waals surface area contributed by atoms with Gasteiger partial charge in [0, 0.05) is 17.5 Å². The fourth-order valence-corrected chi connectivity index (χ4v) is 3.94. The molecule has 0 fully saturated rings. The first-order valence-corrected chi connectivity index (χ1v) is 10.9. The van der Waals surface area contributed by atoms with Gasteiger partial charge in [-0.15, -0.1) is 10.2 Å². The Hall–Kier alpha value is -3.13. The number of carbonyl (C=O) groups is 1. The number of nitrogens with zero attached hydrogens (tertiary/aromatic N) is 4. The average molecular weight is 422 g/mol. The molecule has 1 amide bonds. The lowest BCUT2D eigenvalue weighted by Crippen LogP contribution is -2.26. The minimum absolute atomic E-state index is 0.00931. The number of aromatic nitrogens is 4. The van der Waals surface area contributed by atoms with Crippen LogP contribution in [0.2, 0.25) is 0 Å². The van der Waals surface area contributed by atoms with Crippen LogP contribution < -0.4 is 10.1 Å². The van der Waals surface area contributed by atoms with Crippen molar-refractivity contribution < 1.29 is 9.53 Å². The van der Waals surface area contributed by atoms with Crippen molar-refractivity contribution in [3.63, 3.8) is 0 Å². The molecule has 0 bridgehead atoms. The molecule has 7 nitrogen and oxygen atoms in total. The summed E-state index contributed by atoms with van der Waals surface area (Å²) in [7, 11) is 1.64. The van der Waals surface area contributed by atoms with Crippen LogP contribution in [0, 0.1) is 0 Å². The van der Waals surface area contributed by atoms with Gasteiger partial charge in [-0.1, -0.05) is 37.2 Å². The predicted molar refractivity (Wildman–Crippen MR) is 119 cm³/mol. The van der Waals surface area contributed by atoms with Crippen LogP contribution in [0.5, 0.6) is 5.75 Å². The van der Waals surface area contributed by atoms with Crippen LogP contribution in [0.4, 0.5) is 0 Å². The zero-order chi connectivity index (χ0) is 20.9. The quantitative estimate of drug-likeness (QED) is 0.343. The van der Waals surface area contributed by atoms with Gasteiger partial charge in [-0.2, -0.15) is 0 Å². The fraction of sp³-hybridized carbons (Fsp3) is 0.273. The van der Waals surface area contributed by atoms with Crippen LogP contribution in [-0.4, -0.2) is 44.9 Å². The number of ether oxygens (including phenoxy) is 1. The molecular formula is C22H23N5O2S. The first-order chi connectivity index (χ1) is 14.7. The van der Waals surface area contributed by atoms with E-state index in [1.807, 2.05) is 52.9 Å². The van der Waals surface area contributed by atoms with Gasteiger partial charge in [0.25, 0.3) is 0 Å². The lowest BCUT2D eigenvalue weighted by Gasteiger charge is -2.10. The third-order valence-corrected chi connectivity index (χ3v) is 5.68. The molecule has 0 saturated carbocycles. The smallest absolute Gasteiger partial charge is 0.230 e. The molecule has 4 rings (SSSR count). The first kappa shape index (κ1) is 20.2. The van der Waals surface area contributed by atoms with Crippen LogP contribution in [0.1, 0.15) is 19.8 Å². The standard InChI is InChI=1S/C22H23N5O2S/c1-3-4-13-23-19(28)14-30-22-26-25-21-17-7-5-6-8-18(17)24-20(27(21)22)15-9-11-16(29-2)12-10-15/h5-12H,3-4,13-14H2,1-2H3,(H,23,28). The molecule has 154 valence electrons. The molecule has 1 N–H and O–H groups in total. The first-order valence-electron chi connectivity index (χ1n) is 9.89. The fourth-order valence-electron chi connectivity index (χ4n) is 3.17. The Kier molecular flexibility index (Phi) is 6.13. The van der Waals surface area contributed by atoms with E-state index in [9.17, 15) is 4.79 Å². The maximum absolute atomic E-state index is 12.2. The van der Waals surface area contributed by atoms with E-state index in [-0.39, 0.29) is 11.7 Å². The number of hydrogen-bond acceptors (Lipinski definition) is 6. The number of unbranched alkanes of at least 4 members (excludes halogenated alkanes) is 1. The predicted octanol–water partition coefficient (Wildman–Crippen LogP) is 3.96. The molecule has 0 atom stereocenters. The van der Waals surface area contributed by atoms with Gasteiger partial charge in [0.05, 0.1) is 18.4 Å². The number of carbonyl (C=O) groups excluding carboxylic acids is 1. The maximum atomic E-state index is 12.2. The van der Waals surface area contributed by atoms with Crippen molar-refractivity contribution >= 4 is 34.2 Å². The number of fused-ring (bicyclic) bond motifs is 3. The summed E-state index contributed by atoms with van der Waals surface area (Å²) in [5.41, 5.74) is 2.48. The van der Waals surface area contributed by atoms with Crippen LogP contribution in [-0.2, 0) is 4.79 Å². The van der Waals surface area contributed by atoms with Gasteiger partial charge in [-0.3, -0.25) is 9.20 Å². The van der Waals surface area contributed by atoms with E-state index in [1.165, 1.54) is 11.8 Å². The molecule has 2 heterocycles. The molecule has 0 spiro atoms. The van der Waals surface area contributed by atoms with Crippen molar-refractivity contribution in [2.75, 3.05) is 19.4 Å². The van der Waals surface area contributed by atoms with Gasteiger partial charge >= 0.3 is 0 Å². The molecule has 0 saturated heterocycles. The Morgan fingerprint density at radius 2 is 1.93 bits per heavy atom. The highest BCUT2D eigenvalue weighted by molar-refractivity contribution is 7.99. The van der Waals surface area contributed by atoms with Crippen molar-refractivity contribution in [3.8, 4) is 17.1 Å². The van der Waals surface area contributed by atoms with Crippen molar-refractivity contribution in [2.24, 2.45) is 0 Å². The highest BCUT2D eigenvalue weighted by atomic mass is 32.2. The van der Waals surface area contributed by atoms with Crippen molar-refractivity contribution in [1.29, 1.82) is 0 Å². The van der Waals surface area contributed by atoms with E-state index in [0.29, 0.717) is 11.7 Å². The minimum Gasteiger partial charge on any atom is -0.497 e. The summed E-state index contributed by atoms with van der Waals surface area (Å²) in [5.74, 6) is 1.77. The highest BCUT2D eigenvalue weighted by Crippen LogP contribution is 2.29. The van der Waals surface area contributed by atoms with Gasteiger partial charge in [-0.05, 0) is 42.8 Å². The van der Waals surface area contributed by atoms with Gasteiger partial charge in [0.15, 0.2) is 10.8 Å². The van der Waals surface area contributed by atoms with E-state index >= 15 is 0 Å². The summed E-state index contributed by atoms with van der Waals surface area (Å²) < 4.78 is 7.20. The van der Waals surface area contributed by atoms with E-state index in [2.05, 4.69) is 22.4 Å². The molecule has 0 aliphatic rings. The molecule has 30 heavy (non-hydrogen) atoms. The van der Waals surface area contributed by atoms with Crippen molar-refractivity contribution in [2.45, 2.75) is 24.9 Å². The molecule has 0 aliphatic heterocycles. The molecule has 2 aromatic carbocycles. The highest BCUT2D eigenvalue weighted by Gasteiger charge is 2.17. The number of benzene rings is 2. The SMILES string of the molecule is CCCCNC(=O)CSc1nnc2c3ccccc3nc(-c3ccc(OC)cc3)n12. The number of methoxy groups -OCH3 is 1. The van der Waals surface area contributed by atoms with Crippen LogP contribution in [0.3, 0.4) is 0 Å². The van der Waals surface area contributed by atoms with Crippen LogP contribution in [0.25, 0.3) is 27.9 Å². The molecule has 4 aromatic rings. The Balaban J connectivity index is 1.74. The zero-order valence-electron chi connectivity index (χ0n) is 17.0. The second-order valence-corrected chi connectivity index (χ2v) is 7.76. The zero-order valence-corrected chi connectivity index (χ0v) is 17.8. The summed E-state index contributed by atoms with van der Waals surface area (Å²) in [6.45, 7) is 2.79. The van der Waals surface area contributed by atoms with Gasteiger partial charge in [0.2, 0.25) is 5.91 Å². The van der Waals surface area contributed by atoms with Crippen molar-refractivity contribution in [1.82, 2.24) is 24.9 Å². The summed E-state index contributed by atoms with van der Waals surface area (Å²) >= 11 is 1.36. The summed E-state index contributed by atoms with van der Waals surface area (Å²) in [6.07, 6.45) is 2.02. The van der Waals surface area contributed by atoms with Gasteiger partial charge in [-0.25, -0.2) is 4.98 Å². The number of hydrogen-bond donors (Lipinski definition) is 1. The molecular weight excluding hydrogens is 398 g/mol. The number of rotatable bonds is 8.